The summed E-state index contributed by atoms with van der Waals surface area (Å²) in [6.07, 6.45) is 9.97. The molecule has 0 unspecified atom stereocenters. The predicted octanol–water partition coefficient (Wildman–Crippen LogP) is 2.83. The largest absolute Gasteiger partial charge is 0.122 e. The summed E-state index contributed by atoms with van der Waals surface area (Å²) in [5.74, 6) is 0. The summed E-state index contributed by atoms with van der Waals surface area (Å²) in [6.45, 7) is 2.13. The van der Waals surface area contributed by atoms with Crippen LogP contribution in [0.1, 0.15) is 26.2 Å². The van der Waals surface area contributed by atoms with E-state index in [4.69, 9.17) is 0 Å². The zero-order chi connectivity index (χ0) is 6.53. The van der Waals surface area contributed by atoms with Crippen LogP contribution in [0.5, 0.6) is 0 Å². The molecule has 0 aliphatic heterocycles. The lowest BCUT2D eigenvalue weighted by Crippen LogP contribution is -1.76. The van der Waals surface area contributed by atoms with Gasteiger partial charge in [-0.15, -0.1) is 5.73 Å². The SMILES string of the molecule is CC1=C=C/C=C\CCC1. The molecule has 0 amide bonds. The van der Waals surface area contributed by atoms with Crippen molar-refractivity contribution in [1.29, 1.82) is 0 Å². The highest BCUT2D eigenvalue weighted by atomic mass is 13.9. The maximum absolute atomic E-state index is 3.19. The zero-order valence-electron chi connectivity index (χ0n) is 5.85. The van der Waals surface area contributed by atoms with Gasteiger partial charge in [-0.1, -0.05) is 12.2 Å². The summed E-state index contributed by atoms with van der Waals surface area (Å²) in [4.78, 5) is 0. The molecule has 1 aliphatic carbocycles. The third-order valence-corrected chi connectivity index (χ3v) is 1.48. The minimum Gasteiger partial charge on any atom is -0.122 e. The van der Waals surface area contributed by atoms with Crippen molar-refractivity contribution in [3.8, 4) is 0 Å². The first-order valence-electron chi connectivity index (χ1n) is 3.47. The number of allylic oxidation sites excluding steroid dienone is 3. The Morgan fingerprint density at radius 2 is 2.44 bits per heavy atom. The molecule has 0 aromatic heterocycles. The van der Waals surface area contributed by atoms with Crippen LogP contribution in [0.2, 0.25) is 0 Å². The minimum absolute atomic E-state index is 1.21. The second kappa shape index (κ2) is 3.32. The van der Waals surface area contributed by atoms with Gasteiger partial charge in [0.2, 0.25) is 0 Å². The molecule has 0 bridgehead atoms. The van der Waals surface area contributed by atoms with Crippen LogP contribution in [-0.4, -0.2) is 0 Å². The highest BCUT2D eigenvalue weighted by molar-refractivity contribution is 5.09. The van der Waals surface area contributed by atoms with Crippen LogP contribution in [0, 0.1) is 0 Å². The van der Waals surface area contributed by atoms with Gasteiger partial charge in [0.1, 0.15) is 0 Å². The molecule has 0 saturated carbocycles. The average Bonchev–Trinajstić information content (AvgIpc) is 1.79. The molecule has 0 N–H and O–H groups in total. The van der Waals surface area contributed by atoms with Crippen LogP contribution in [-0.2, 0) is 0 Å². The van der Waals surface area contributed by atoms with E-state index in [0.717, 1.165) is 0 Å². The maximum atomic E-state index is 3.19. The van der Waals surface area contributed by atoms with Crippen LogP contribution >= 0.6 is 0 Å². The number of hydrogen-bond donors (Lipinski definition) is 0. The van der Waals surface area contributed by atoms with Gasteiger partial charge in [-0.3, -0.25) is 0 Å². The molecule has 0 heterocycles. The van der Waals surface area contributed by atoms with Crippen molar-refractivity contribution in [1.82, 2.24) is 0 Å². The molecule has 0 aromatic rings. The Labute approximate surface area is 56.6 Å². The van der Waals surface area contributed by atoms with Crippen molar-refractivity contribution in [2.45, 2.75) is 26.2 Å². The number of hydrogen-bond acceptors (Lipinski definition) is 0. The molecule has 0 saturated heterocycles. The highest BCUT2D eigenvalue weighted by Gasteiger charge is 1.88. The second-order valence-corrected chi connectivity index (χ2v) is 2.41. The van der Waals surface area contributed by atoms with Crippen molar-refractivity contribution in [3.05, 3.63) is 29.5 Å². The zero-order valence-corrected chi connectivity index (χ0v) is 5.85. The third kappa shape index (κ3) is 2.34. The number of rotatable bonds is 0. The first kappa shape index (κ1) is 6.38. The maximum Gasteiger partial charge on any atom is -0.0204 e. The summed E-state index contributed by atoms with van der Waals surface area (Å²) in [7, 11) is 0. The Balaban J connectivity index is 2.69. The Morgan fingerprint density at radius 3 is 3.33 bits per heavy atom. The van der Waals surface area contributed by atoms with E-state index in [-0.39, 0.29) is 0 Å². The van der Waals surface area contributed by atoms with Crippen LogP contribution in [0.25, 0.3) is 0 Å². The molecule has 1 aliphatic rings. The lowest BCUT2D eigenvalue weighted by atomic mass is 10.1. The van der Waals surface area contributed by atoms with Gasteiger partial charge in [-0.2, -0.15) is 0 Å². The van der Waals surface area contributed by atoms with Gasteiger partial charge in [0, 0.05) is 0 Å². The van der Waals surface area contributed by atoms with Gasteiger partial charge in [0.05, 0.1) is 0 Å². The molecule has 0 heteroatoms. The van der Waals surface area contributed by atoms with E-state index in [1.165, 1.54) is 24.8 Å². The summed E-state index contributed by atoms with van der Waals surface area (Å²) in [6, 6.07) is 0. The fraction of sp³-hybridized carbons (Fsp3) is 0.444. The molecule has 48 valence electrons. The summed E-state index contributed by atoms with van der Waals surface area (Å²) in [5, 5.41) is 0. The Kier molecular flexibility index (Phi) is 2.35. The van der Waals surface area contributed by atoms with Crippen molar-refractivity contribution in [2.24, 2.45) is 0 Å². The van der Waals surface area contributed by atoms with Crippen molar-refractivity contribution in [3.63, 3.8) is 0 Å². The summed E-state index contributed by atoms with van der Waals surface area (Å²) >= 11 is 0. The van der Waals surface area contributed by atoms with Gasteiger partial charge in [0.25, 0.3) is 0 Å². The Bertz CT molecular complexity index is 166. The molecule has 0 nitrogen and oxygen atoms in total. The molecule has 0 radical (unpaired) electrons. The van der Waals surface area contributed by atoms with Gasteiger partial charge in [-0.25, -0.2) is 0 Å². The smallest absolute Gasteiger partial charge is 0.0204 e. The molecule has 0 fully saturated rings. The molecule has 0 atom stereocenters. The highest BCUT2D eigenvalue weighted by Crippen LogP contribution is 2.07. The van der Waals surface area contributed by atoms with Gasteiger partial charge in [-0.05, 0) is 37.8 Å². The van der Waals surface area contributed by atoms with Gasteiger partial charge < -0.3 is 0 Å². The van der Waals surface area contributed by atoms with Crippen molar-refractivity contribution < 1.29 is 0 Å². The minimum atomic E-state index is 1.21. The molecular weight excluding hydrogens is 108 g/mol. The first-order valence-corrected chi connectivity index (χ1v) is 3.47. The Morgan fingerprint density at radius 1 is 1.56 bits per heavy atom. The quantitative estimate of drug-likeness (QED) is 0.431. The van der Waals surface area contributed by atoms with E-state index in [0.29, 0.717) is 0 Å². The standard InChI is InChI=1S/C9H12/c1-9-7-5-3-2-4-6-8-9/h2-3,5H,4,6,8H2,1H3/b3-2-. The Hall–Kier alpha value is -0.740. The normalized spacial score (nSPS) is 22.1. The van der Waals surface area contributed by atoms with E-state index in [9.17, 15) is 0 Å². The first-order chi connectivity index (χ1) is 4.39. The van der Waals surface area contributed by atoms with Crippen LogP contribution in [0.4, 0.5) is 0 Å². The fourth-order valence-electron chi connectivity index (χ4n) is 0.912. The van der Waals surface area contributed by atoms with E-state index in [2.05, 4.69) is 24.8 Å². The molecule has 0 spiro atoms. The van der Waals surface area contributed by atoms with Crippen LogP contribution < -0.4 is 0 Å². The van der Waals surface area contributed by atoms with Crippen LogP contribution in [0.15, 0.2) is 29.5 Å². The van der Waals surface area contributed by atoms with Gasteiger partial charge >= 0.3 is 0 Å². The molecule has 0 aromatic carbocycles. The van der Waals surface area contributed by atoms with Gasteiger partial charge in [0.15, 0.2) is 0 Å². The van der Waals surface area contributed by atoms with E-state index < -0.39 is 0 Å². The molecular formula is C9H12. The molecule has 1 rings (SSSR count). The average molecular weight is 120 g/mol. The van der Waals surface area contributed by atoms with E-state index in [1.807, 2.05) is 6.08 Å². The van der Waals surface area contributed by atoms with E-state index in [1.54, 1.807) is 0 Å². The summed E-state index contributed by atoms with van der Waals surface area (Å²) in [5.41, 5.74) is 4.56. The fourth-order valence-corrected chi connectivity index (χ4v) is 0.912. The van der Waals surface area contributed by atoms with Crippen LogP contribution in [0.3, 0.4) is 0 Å². The lowest BCUT2D eigenvalue weighted by Gasteiger charge is -1.96. The van der Waals surface area contributed by atoms with Crippen molar-refractivity contribution in [2.75, 3.05) is 0 Å². The monoisotopic (exact) mass is 120 g/mol. The predicted molar refractivity (Wildman–Crippen MR) is 40.3 cm³/mol. The molecule has 9 heavy (non-hydrogen) atoms. The third-order valence-electron chi connectivity index (χ3n) is 1.48. The van der Waals surface area contributed by atoms with Crippen molar-refractivity contribution >= 4 is 0 Å². The lowest BCUT2D eigenvalue weighted by molar-refractivity contribution is 0.831. The summed E-state index contributed by atoms with van der Waals surface area (Å²) < 4.78 is 0. The topological polar surface area (TPSA) is 0 Å². The second-order valence-electron chi connectivity index (χ2n) is 2.41. The van der Waals surface area contributed by atoms with E-state index >= 15 is 0 Å².